The maximum Gasteiger partial charge on any atom is 0.173 e. The molecule has 0 amide bonds. The van der Waals surface area contributed by atoms with Crippen LogP contribution in [0.4, 0.5) is 5.69 Å². The molecule has 27 heavy (non-hydrogen) atoms. The van der Waals surface area contributed by atoms with Crippen LogP contribution in [0.5, 0.6) is 0 Å². The van der Waals surface area contributed by atoms with Gasteiger partial charge in [-0.3, -0.25) is 9.88 Å². The van der Waals surface area contributed by atoms with Gasteiger partial charge in [-0.05, 0) is 61.0 Å². The highest BCUT2D eigenvalue weighted by molar-refractivity contribution is 7.80. The van der Waals surface area contributed by atoms with Gasteiger partial charge in [0.1, 0.15) is 0 Å². The standard InChI is InChI=1S/C21H28N4OS/c1-17-12-18(2)14-20(13-17)23-21(27)25(16-19-4-3-5-22-15-19)7-6-24-8-10-26-11-9-24/h3-5,12-15H,6-11,16H2,1-2H3,(H,23,27). The molecular formula is C21H28N4OS. The fourth-order valence-electron chi connectivity index (χ4n) is 3.30. The Balaban J connectivity index is 1.67. The summed E-state index contributed by atoms with van der Waals surface area (Å²) in [6.07, 6.45) is 3.70. The third-order valence-electron chi connectivity index (χ3n) is 4.65. The molecule has 2 aromatic rings. The van der Waals surface area contributed by atoms with Crippen molar-refractivity contribution in [3.05, 3.63) is 59.4 Å². The Bertz CT molecular complexity index is 727. The zero-order valence-corrected chi connectivity index (χ0v) is 17.0. The molecule has 0 atom stereocenters. The van der Waals surface area contributed by atoms with E-state index in [0.29, 0.717) is 0 Å². The Kier molecular flexibility index (Phi) is 7.15. The van der Waals surface area contributed by atoms with Crippen molar-refractivity contribution in [3.63, 3.8) is 0 Å². The number of thiocarbonyl (C=S) groups is 1. The highest BCUT2D eigenvalue weighted by atomic mass is 32.1. The van der Waals surface area contributed by atoms with Crippen molar-refractivity contribution in [2.45, 2.75) is 20.4 Å². The number of morpholine rings is 1. The maximum atomic E-state index is 5.76. The number of hydrogen-bond acceptors (Lipinski definition) is 4. The molecule has 0 saturated carbocycles. The van der Waals surface area contributed by atoms with Gasteiger partial charge in [-0.1, -0.05) is 12.1 Å². The van der Waals surface area contributed by atoms with Crippen LogP contribution in [0, 0.1) is 13.8 Å². The third-order valence-corrected chi connectivity index (χ3v) is 5.01. The lowest BCUT2D eigenvalue weighted by Gasteiger charge is -2.31. The van der Waals surface area contributed by atoms with Gasteiger partial charge in [-0.2, -0.15) is 0 Å². The Morgan fingerprint density at radius 3 is 2.63 bits per heavy atom. The summed E-state index contributed by atoms with van der Waals surface area (Å²) in [6, 6.07) is 10.5. The van der Waals surface area contributed by atoms with Crippen molar-refractivity contribution in [1.82, 2.24) is 14.8 Å². The second-order valence-corrected chi connectivity index (χ2v) is 7.43. The molecule has 2 heterocycles. The largest absolute Gasteiger partial charge is 0.379 e. The average molecular weight is 385 g/mol. The summed E-state index contributed by atoms with van der Waals surface area (Å²) in [7, 11) is 0. The van der Waals surface area contributed by atoms with Crippen LogP contribution in [0.15, 0.2) is 42.7 Å². The van der Waals surface area contributed by atoms with Gasteiger partial charge in [0.2, 0.25) is 0 Å². The van der Waals surface area contributed by atoms with Crippen molar-refractivity contribution in [1.29, 1.82) is 0 Å². The molecule has 1 aliphatic rings. The molecule has 0 radical (unpaired) electrons. The predicted molar refractivity (Wildman–Crippen MR) is 114 cm³/mol. The monoisotopic (exact) mass is 384 g/mol. The van der Waals surface area contributed by atoms with Crippen molar-refractivity contribution in [2.24, 2.45) is 0 Å². The molecule has 0 aliphatic carbocycles. The third kappa shape index (κ3) is 6.27. The maximum absolute atomic E-state index is 5.76. The number of aryl methyl sites for hydroxylation is 2. The van der Waals surface area contributed by atoms with E-state index in [1.54, 1.807) is 6.20 Å². The number of ether oxygens (including phenoxy) is 1. The van der Waals surface area contributed by atoms with Gasteiger partial charge in [0.15, 0.2) is 5.11 Å². The molecule has 144 valence electrons. The summed E-state index contributed by atoms with van der Waals surface area (Å²) in [5.41, 5.74) is 4.66. The number of nitrogens with one attached hydrogen (secondary N) is 1. The van der Waals surface area contributed by atoms with Gasteiger partial charge in [0.25, 0.3) is 0 Å². The van der Waals surface area contributed by atoms with Gasteiger partial charge in [-0.25, -0.2) is 0 Å². The van der Waals surface area contributed by atoms with E-state index in [2.05, 4.69) is 58.2 Å². The Hall–Kier alpha value is -2.02. The summed E-state index contributed by atoms with van der Waals surface area (Å²) < 4.78 is 5.45. The van der Waals surface area contributed by atoms with Crippen molar-refractivity contribution < 1.29 is 4.74 Å². The van der Waals surface area contributed by atoms with E-state index in [1.165, 1.54) is 11.1 Å². The molecule has 1 aromatic carbocycles. The summed E-state index contributed by atoms with van der Waals surface area (Å²) in [5.74, 6) is 0. The molecule has 0 spiro atoms. The predicted octanol–water partition coefficient (Wildman–Crippen LogP) is 3.23. The van der Waals surface area contributed by atoms with E-state index in [4.69, 9.17) is 17.0 Å². The number of nitrogens with zero attached hydrogens (tertiary/aromatic N) is 3. The van der Waals surface area contributed by atoms with Crippen LogP contribution in [-0.4, -0.2) is 59.3 Å². The van der Waals surface area contributed by atoms with Gasteiger partial charge in [-0.15, -0.1) is 0 Å². The fraction of sp³-hybridized carbons (Fsp3) is 0.429. The second-order valence-electron chi connectivity index (χ2n) is 7.04. The minimum absolute atomic E-state index is 0.745. The molecule has 0 unspecified atom stereocenters. The number of anilines is 1. The molecule has 1 aliphatic heterocycles. The van der Waals surface area contributed by atoms with Crippen LogP contribution in [0.2, 0.25) is 0 Å². The smallest absolute Gasteiger partial charge is 0.173 e. The second kappa shape index (κ2) is 9.78. The molecule has 1 saturated heterocycles. The van der Waals surface area contributed by atoms with E-state index in [1.807, 2.05) is 12.3 Å². The number of aromatic nitrogens is 1. The lowest BCUT2D eigenvalue weighted by atomic mass is 10.1. The van der Waals surface area contributed by atoms with E-state index in [0.717, 1.165) is 62.3 Å². The van der Waals surface area contributed by atoms with Gasteiger partial charge in [0.05, 0.1) is 13.2 Å². The molecule has 1 fully saturated rings. The molecular weight excluding hydrogens is 356 g/mol. The molecule has 1 aromatic heterocycles. The van der Waals surface area contributed by atoms with Crippen molar-refractivity contribution >= 4 is 23.0 Å². The van der Waals surface area contributed by atoms with Gasteiger partial charge in [0, 0.05) is 50.8 Å². The molecule has 5 nitrogen and oxygen atoms in total. The zero-order chi connectivity index (χ0) is 19.1. The van der Waals surface area contributed by atoms with Crippen LogP contribution in [-0.2, 0) is 11.3 Å². The fourth-order valence-corrected chi connectivity index (χ4v) is 3.57. The highest BCUT2D eigenvalue weighted by Gasteiger charge is 2.15. The molecule has 1 N–H and O–H groups in total. The van der Waals surface area contributed by atoms with E-state index in [9.17, 15) is 0 Å². The van der Waals surface area contributed by atoms with Crippen LogP contribution >= 0.6 is 12.2 Å². The quantitative estimate of drug-likeness (QED) is 0.771. The normalized spacial score (nSPS) is 14.7. The number of benzene rings is 1. The minimum atomic E-state index is 0.745. The van der Waals surface area contributed by atoms with E-state index < -0.39 is 0 Å². The Labute approximate surface area is 167 Å². The van der Waals surface area contributed by atoms with Crippen molar-refractivity contribution in [3.8, 4) is 0 Å². The van der Waals surface area contributed by atoms with Gasteiger partial charge < -0.3 is 15.0 Å². The Morgan fingerprint density at radius 2 is 1.96 bits per heavy atom. The average Bonchev–Trinajstić information content (AvgIpc) is 2.66. The van der Waals surface area contributed by atoms with Crippen LogP contribution in [0.1, 0.15) is 16.7 Å². The van der Waals surface area contributed by atoms with Crippen LogP contribution in [0.3, 0.4) is 0 Å². The van der Waals surface area contributed by atoms with E-state index >= 15 is 0 Å². The first-order valence-electron chi connectivity index (χ1n) is 9.43. The number of pyridine rings is 1. The van der Waals surface area contributed by atoms with Crippen molar-refractivity contribution in [2.75, 3.05) is 44.7 Å². The minimum Gasteiger partial charge on any atom is -0.379 e. The summed E-state index contributed by atoms with van der Waals surface area (Å²) >= 11 is 5.76. The highest BCUT2D eigenvalue weighted by Crippen LogP contribution is 2.15. The Morgan fingerprint density at radius 1 is 1.22 bits per heavy atom. The first-order valence-corrected chi connectivity index (χ1v) is 9.84. The summed E-state index contributed by atoms with van der Waals surface area (Å²) in [6.45, 7) is 10.4. The molecule has 3 rings (SSSR count). The first-order chi connectivity index (χ1) is 13.1. The first kappa shape index (κ1) is 19.7. The summed E-state index contributed by atoms with van der Waals surface area (Å²) in [4.78, 5) is 8.89. The lowest BCUT2D eigenvalue weighted by molar-refractivity contribution is 0.0358. The van der Waals surface area contributed by atoms with Gasteiger partial charge >= 0.3 is 0 Å². The number of rotatable bonds is 6. The lowest BCUT2D eigenvalue weighted by Crippen LogP contribution is -2.44. The topological polar surface area (TPSA) is 40.6 Å². The molecule has 0 bridgehead atoms. The SMILES string of the molecule is Cc1cc(C)cc(NC(=S)N(CCN2CCOCC2)Cc2cccnc2)c1. The van der Waals surface area contributed by atoms with Crippen LogP contribution < -0.4 is 5.32 Å². The van der Waals surface area contributed by atoms with Crippen LogP contribution in [0.25, 0.3) is 0 Å². The van der Waals surface area contributed by atoms with E-state index in [-0.39, 0.29) is 0 Å². The zero-order valence-electron chi connectivity index (χ0n) is 16.1. The molecule has 6 heteroatoms. The summed E-state index contributed by atoms with van der Waals surface area (Å²) in [5, 5.41) is 4.17. The number of hydrogen-bond donors (Lipinski definition) is 1.